The number of ether oxygens (including phenoxy) is 1. The largest absolute Gasteiger partial charge is 0.489 e. The van der Waals surface area contributed by atoms with Crippen molar-refractivity contribution >= 4 is 6.03 Å². The van der Waals surface area contributed by atoms with Crippen LogP contribution in [0.25, 0.3) is 0 Å². The van der Waals surface area contributed by atoms with Gasteiger partial charge in [0, 0.05) is 0 Å². The van der Waals surface area contributed by atoms with Crippen LogP contribution in [0.4, 0.5) is 31.1 Å². The first-order valence-electron chi connectivity index (χ1n) is 8.68. The van der Waals surface area contributed by atoms with E-state index in [4.69, 9.17) is 10.5 Å². The molecule has 0 spiro atoms. The minimum Gasteiger partial charge on any atom is -0.489 e. The van der Waals surface area contributed by atoms with Gasteiger partial charge in [0.15, 0.2) is 0 Å². The zero-order chi connectivity index (χ0) is 22.3. The van der Waals surface area contributed by atoms with Gasteiger partial charge in [0.1, 0.15) is 12.4 Å². The van der Waals surface area contributed by atoms with E-state index < -0.39 is 42.2 Å². The summed E-state index contributed by atoms with van der Waals surface area (Å²) in [6.07, 6.45) is -8.99. The molecule has 0 heterocycles. The maximum Gasteiger partial charge on any atom is 0.416 e. The molecular weight excluding hydrogens is 418 g/mol. The van der Waals surface area contributed by atoms with Crippen LogP contribution in [0.5, 0.6) is 5.75 Å². The van der Waals surface area contributed by atoms with E-state index >= 15 is 0 Å². The topological polar surface area (TPSA) is 75.8 Å². The third-order valence-electron chi connectivity index (χ3n) is 4.73. The molecule has 162 valence electrons. The molecule has 5 nitrogen and oxygen atoms in total. The third-order valence-corrected chi connectivity index (χ3v) is 4.73. The zero-order valence-electron chi connectivity index (χ0n) is 15.2. The quantitative estimate of drug-likeness (QED) is 0.401. The average Bonchev–Trinajstić information content (AvgIpc) is 3.07. The van der Waals surface area contributed by atoms with Gasteiger partial charge in [-0.05, 0) is 59.9 Å². The number of alkyl halides is 6. The van der Waals surface area contributed by atoms with Crippen LogP contribution in [0, 0.1) is 0 Å². The monoisotopic (exact) mass is 434 g/mol. The van der Waals surface area contributed by atoms with Crippen molar-refractivity contribution < 1.29 is 41.1 Å². The van der Waals surface area contributed by atoms with E-state index in [0.29, 0.717) is 35.6 Å². The first kappa shape index (κ1) is 21.8. The van der Waals surface area contributed by atoms with Crippen molar-refractivity contribution in [2.45, 2.75) is 37.8 Å². The number of benzene rings is 2. The molecule has 0 saturated heterocycles. The van der Waals surface area contributed by atoms with Crippen molar-refractivity contribution in [1.82, 2.24) is 5.06 Å². The Morgan fingerprint density at radius 2 is 1.67 bits per heavy atom. The van der Waals surface area contributed by atoms with Gasteiger partial charge >= 0.3 is 18.4 Å². The molecule has 1 aliphatic carbocycles. The second-order valence-corrected chi connectivity index (χ2v) is 6.80. The van der Waals surface area contributed by atoms with Gasteiger partial charge in [-0.15, -0.1) is 0 Å². The van der Waals surface area contributed by atoms with Crippen LogP contribution in [0.3, 0.4) is 0 Å². The molecule has 0 fully saturated rings. The molecule has 0 bridgehead atoms. The summed E-state index contributed by atoms with van der Waals surface area (Å²) < 4.78 is 83.0. The Morgan fingerprint density at radius 1 is 1.07 bits per heavy atom. The van der Waals surface area contributed by atoms with Crippen LogP contribution in [0.15, 0.2) is 36.4 Å². The minimum atomic E-state index is -4.94. The number of urea groups is 1. The number of aryl methyl sites for hydroxylation is 1. The third kappa shape index (κ3) is 4.61. The molecule has 2 aromatic rings. The highest BCUT2D eigenvalue weighted by Crippen LogP contribution is 2.38. The first-order chi connectivity index (χ1) is 13.9. The highest BCUT2D eigenvalue weighted by Gasteiger charge is 2.37. The molecule has 1 unspecified atom stereocenters. The van der Waals surface area contributed by atoms with E-state index in [2.05, 4.69) is 0 Å². The summed E-state index contributed by atoms with van der Waals surface area (Å²) in [4.78, 5) is 11.1. The van der Waals surface area contributed by atoms with Gasteiger partial charge in [0.05, 0.1) is 17.2 Å². The van der Waals surface area contributed by atoms with Crippen molar-refractivity contribution in [2.75, 3.05) is 0 Å². The summed E-state index contributed by atoms with van der Waals surface area (Å²) in [5.74, 6) is 0.226. The minimum absolute atomic E-state index is 0.0540. The van der Waals surface area contributed by atoms with E-state index in [9.17, 15) is 36.3 Å². The fraction of sp³-hybridized carbons (Fsp3) is 0.316. The molecule has 1 atom stereocenters. The Labute approximate surface area is 166 Å². The summed E-state index contributed by atoms with van der Waals surface area (Å²) in [6.45, 7) is -0.511. The lowest BCUT2D eigenvalue weighted by Crippen LogP contribution is -2.35. The molecule has 2 amide bonds. The van der Waals surface area contributed by atoms with E-state index in [1.165, 1.54) is 6.07 Å². The summed E-state index contributed by atoms with van der Waals surface area (Å²) in [7, 11) is 0. The Balaban J connectivity index is 1.80. The van der Waals surface area contributed by atoms with E-state index in [1.807, 2.05) is 0 Å². The fourth-order valence-electron chi connectivity index (χ4n) is 3.34. The van der Waals surface area contributed by atoms with Crippen LogP contribution in [-0.2, 0) is 25.4 Å². The lowest BCUT2D eigenvalue weighted by molar-refractivity contribution is -0.143. The smallest absolute Gasteiger partial charge is 0.416 e. The lowest BCUT2D eigenvalue weighted by atomic mass is 10.1. The first-order valence-corrected chi connectivity index (χ1v) is 8.68. The fourth-order valence-corrected chi connectivity index (χ4v) is 3.34. The van der Waals surface area contributed by atoms with Crippen LogP contribution >= 0.6 is 0 Å². The molecule has 0 radical (unpaired) electrons. The standard InChI is InChI=1S/C19H16F6N2O3/c20-18(21,22)12-5-10(6-13(8-12)19(23,24)25)9-30-14-2-3-15-11(7-14)1-4-16(15)27(29)17(26)28/h2-3,5-8,16,29H,1,4,9H2,(H2,26,28). The molecular formula is C19H16F6N2O3. The van der Waals surface area contributed by atoms with Crippen LogP contribution in [0.1, 0.15) is 40.3 Å². The number of carbonyl (C=O) groups excluding carboxylic acids is 1. The van der Waals surface area contributed by atoms with Crippen molar-refractivity contribution in [3.8, 4) is 5.75 Å². The number of nitrogens with zero attached hydrogens (tertiary/aromatic N) is 1. The van der Waals surface area contributed by atoms with E-state index in [1.54, 1.807) is 12.1 Å². The van der Waals surface area contributed by atoms with Gasteiger partial charge in [-0.25, -0.2) is 4.79 Å². The van der Waals surface area contributed by atoms with Crippen LogP contribution in [-0.4, -0.2) is 16.3 Å². The van der Waals surface area contributed by atoms with Crippen LogP contribution in [0.2, 0.25) is 0 Å². The predicted molar refractivity (Wildman–Crippen MR) is 91.5 cm³/mol. The summed E-state index contributed by atoms with van der Waals surface area (Å²) in [5, 5.41) is 10.1. The number of rotatable bonds is 4. The molecule has 1 aliphatic rings. The molecule has 0 aliphatic heterocycles. The molecule has 11 heteroatoms. The highest BCUT2D eigenvalue weighted by atomic mass is 19.4. The number of hydrogen-bond acceptors (Lipinski definition) is 3. The number of carbonyl (C=O) groups is 1. The maximum atomic E-state index is 12.9. The Kier molecular flexibility index (Phi) is 5.59. The Morgan fingerprint density at radius 3 is 2.20 bits per heavy atom. The molecule has 3 N–H and O–H groups in total. The highest BCUT2D eigenvalue weighted by molar-refractivity contribution is 5.71. The average molecular weight is 434 g/mol. The molecule has 2 aromatic carbocycles. The van der Waals surface area contributed by atoms with Crippen molar-refractivity contribution in [3.05, 3.63) is 64.2 Å². The number of hydrogen-bond donors (Lipinski definition) is 2. The maximum absolute atomic E-state index is 12.9. The van der Waals surface area contributed by atoms with Crippen molar-refractivity contribution in [1.29, 1.82) is 0 Å². The molecule has 3 rings (SSSR count). The number of primary amides is 1. The van der Waals surface area contributed by atoms with Gasteiger partial charge in [-0.3, -0.25) is 5.21 Å². The van der Waals surface area contributed by atoms with Gasteiger partial charge in [-0.2, -0.15) is 31.4 Å². The molecule has 0 aromatic heterocycles. The second kappa shape index (κ2) is 7.71. The predicted octanol–water partition coefficient (Wildman–Crippen LogP) is 5.06. The number of amides is 2. The Hall–Kier alpha value is -2.95. The van der Waals surface area contributed by atoms with E-state index in [0.717, 1.165) is 5.56 Å². The van der Waals surface area contributed by atoms with E-state index in [-0.39, 0.29) is 17.4 Å². The van der Waals surface area contributed by atoms with Gasteiger partial charge in [0.25, 0.3) is 0 Å². The van der Waals surface area contributed by atoms with Crippen LogP contribution < -0.4 is 10.5 Å². The van der Waals surface area contributed by atoms with Gasteiger partial charge < -0.3 is 10.5 Å². The molecule has 0 saturated carbocycles. The number of fused-ring (bicyclic) bond motifs is 1. The number of hydroxylamine groups is 2. The van der Waals surface area contributed by atoms with Gasteiger partial charge in [-0.1, -0.05) is 6.07 Å². The zero-order valence-corrected chi connectivity index (χ0v) is 15.2. The summed E-state index contributed by atoms with van der Waals surface area (Å²) in [6, 6.07) is 4.18. The molecule has 30 heavy (non-hydrogen) atoms. The SMILES string of the molecule is NC(=O)N(O)C1CCc2cc(OCc3cc(C(F)(F)F)cc(C(F)(F)F)c3)ccc21. The summed E-state index contributed by atoms with van der Waals surface area (Å²) >= 11 is 0. The number of halogens is 6. The van der Waals surface area contributed by atoms with Crippen molar-refractivity contribution in [3.63, 3.8) is 0 Å². The lowest BCUT2D eigenvalue weighted by Gasteiger charge is -2.21. The summed E-state index contributed by atoms with van der Waals surface area (Å²) in [5.41, 5.74) is 3.28. The Bertz CT molecular complexity index is 926. The second-order valence-electron chi connectivity index (χ2n) is 6.80. The van der Waals surface area contributed by atoms with Crippen molar-refractivity contribution in [2.24, 2.45) is 5.73 Å². The number of nitrogens with two attached hydrogens (primary N) is 1. The van der Waals surface area contributed by atoms with Gasteiger partial charge in [0.2, 0.25) is 0 Å². The normalized spacial score (nSPS) is 16.3.